The van der Waals surface area contributed by atoms with E-state index in [1.165, 1.54) is 0 Å². The van der Waals surface area contributed by atoms with Crippen LogP contribution in [0.4, 0.5) is 4.79 Å². The molecule has 1 fully saturated rings. The monoisotopic (exact) mass is 600 g/mol. The topological polar surface area (TPSA) is 110 Å². The summed E-state index contributed by atoms with van der Waals surface area (Å²) in [7, 11) is 3.23. The lowest BCUT2D eigenvalue weighted by atomic mass is 9.76. The Kier molecular flexibility index (Phi) is 10.8. The second-order valence-electron chi connectivity index (χ2n) is 11.8. The molecule has 1 saturated heterocycles. The van der Waals surface area contributed by atoms with Gasteiger partial charge in [-0.2, -0.15) is 16.9 Å². The van der Waals surface area contributed by atoms with Gasteiger partial charge in [0.2, 0.25) is 11.8 Å². The van der Waals surface area contributed by atoms with Crippen LogP contribution in [0.25, 0.3) is 0 Å². The third-order valence-electron chi connectivity index (χ3n) is 7.76. The summed E-state index contributed by atoms with van der Waals surface area (Å²) >= 11 is 1.63. The number of carbonyl (C=O) groups is 3. The molecule has 2 heterocycles. The Morgan fingerprint density at radius 3 is 2.38 bits per heavy atom. The van der Waals surface area contributed by atoms with Crippen LogP contribution in [-0.2, 0) is 14.3 Å². The van der Waals surface area contributed by atoms with Crippen LogP contribution >= 0.6 is 11.8 Å². The molecule has 42 heavy (non-hydrogen) atoms. The maximum Gasteiger partial charge on any atom is 0.407 e. The Morgan fingerprint density at radius 2 is 1.71 bits per heavy atom. The Labute approximate surface area is 253 Å². The van der Waals surface area contributed by atoms with E-state index in [0.717, 1.165) is 17.7 Å². The standard InChI is InChI=1S/C31H44N4O6S/c1-31(2,3)41-30(38)32-15-19-42-18-14-27(36)34-16-12-22(13-17-34)35-29(37)24-9-7-6-8-23(24)28(33-35)21-10-11-25(39-4)26(20-21)40-5/h6-7,10-11,20,22-24H,8-9,12-19H2,1-5H3,(H,32,38)/t23-,24+/m0/s1. The molecule has 4 rings (SSSR count). The van der Waals surface area contributed by atoms with Crippen LogP contribution in [0, 0.1) is 11.8 Å². The van der Waals surface area contributed by atoms with Gasteiger partial charge in [0, 0.05) is 49.0 Å². The summed E-state index contributed by atoms with van der Waals surface area (Å²) in [6.45, 7) is 7.19. The van der Waals surface area contributed by atoms with Gasteiger partial charge < -0.3 is 24.4 Å². The molecule has 0 aromatic heterocycles. The van der Waals surface area contributed by atoms with Crippen molar-refractivity contribution in [1.82, 2.24) is 15.2 Å². The Morgan fingerprint density at radius 1 is 1.02 bits per heavy atom. The van der Waals surface area contributed by atoms with E-state index in [1.807, 2.05) is 43.9 Å². The minimum atomic E-state index is -0.520. The molecule has 3 amide bonds. The van der Waals surface area contributed by atoms with E-state index in [2.05, 4.69) is 17.5 Å². The van der Waals surface area contributed by atoms with Crippen molar-refractivity contribution in [3.63, 3.8) is 0 Å². The van der Waals surface area contributed by atoms with E-state index in [4.69, 9.17) is 19.3 Å². The summed E-state index contributed by atoms with van der Waals surface area (Å²) in [5.41, 5.74) is 1.32. The number of amides is 3. The van der Waals surface area contributed by atoms with Crippen LogP contribution < -0.4 is 14.8 Å². The minimum absolute atomic E-state index is 0.0235. The zero-order valence-corrected chi connectivity index (χ0v) is 26.2. The predicted molar refractivity (Wildman–Crippen MR) is 164 cm³/mol. The number of fused-ring (bicyclic) bond motifs is 1. The Balaban J connectivity index is 1.31. The van der Waals surface area contributed by atoms with E-state index in [9.17, 15) is 14.4 Å². The normalized spacial score (nSPS) is 21.0. The summed E-state index contributed by atoms with van der Waals surface area (Å²) in [5, 5.41) is 9.42. The number of carbonyl (C=O) groups excluding carboxylic acids is 3. The van der Waals surface area contributed by atoms with Gasteiger partial charge in [0.1, 0.15) is 5.60 Å². The van der Waals surface area contributed by atoms with Gasteiger partial charge >= 0.3 is 6.09 Å². The molecule has 1 N–H and O–H groups in total. The second kappa shape index (κ2) is 14.3. The second-order valence-corrected chi connectivity index (χ2v) is 13.0. The molecule has 1 aromatic rings. The van der Waals surface area contributed by atoms with Crippen LogP contribution in [0.5, 0.6) is 11.5 Å². The number of nitrogens with one attached hydrogen (secondary N) is 1. The van der Waals surface area contributed by atoms with Crippen LogP contribution in [-0.4, -0.2) is 90.5 Å². The first-order valence-electron chi connectivity index (χ1n) is 14.7. The molecule has 0 saturated carbocycles. The number of hydrazone groups is 1. The van der Waals surface area contributed by atoms with E-state index in [1.54, 1.807) is 31.0 Å². The molecule has 2 atom stereocenters. The average Bonchev–Trinajstić information content (AvgIpc) is 2.98. The predicted octanol–water partition coefficient (Wildman–Crippen LogP) is 4.47. The van der Waals surface area contributed by atoms with Gasteiger partial charge in [-0.05, 0) is 64.7 Å². The van der Waals surface area contributed by atoms with E-state index >= 15 is 0 Å². The number of benzene rings is 1. The summed E-state index contributed by atoms with van der Waals surface area (Å²) in [4.78, 5) is 40.1. The number of likely N-dealkylation sites (tertiary alicyclic amines) is 1. The zero-order valence-electron chi connectivity index (χ0n) is 25.4. The van der Waals surface area contributed by atoms with Gasteiger partial charge in [0.25, 0.3) is 0 Å². The van der Waals surface area contributed by atoms with Crippen molar-refractivity contribution >= 4 is 35.4 Å². The van der Waals surface area contributed by atoms with Gasteiger partial charge in [-0.25, -0.2) is 9.80 Å². The Bertz CT molecular complexity index is 1190. The summed E-state index contributed by atoms with van der Waals surface area (Å²) in [6, 6.07) is 5.76. The number of methoxy groups -OCH3 is 2. The van der Waals surface area contributed by atoms with Crippen LogP contribution in [0.2, 0.25) is 0 Å². The van der Waals surface area contributed by atoms with Gasteiger partial charge in [-0.3, -0.25) is 9.59 Å². The zero-order chi connectivity index (χ0) is 30.3. The van der Waals surface area contributed by atoms with Crippen molar-refractivity contribution < 1.29 is 28.6 Å². The van der Waals surface area contributed by atoms with Gasteiger partial charge in [0.15, 0.2) is 11.5 Å². The highest BCUT2D eigenvalue weighted by Gasteiger charge is 2.43. The largest absolute Gasteiger partial charge is 0.493 e. The number of hydrogen-bond donors (Lipinski definition) is 1. The number of piperidine rings is 1. The number of nitrogens with zero attached hydrogens (tertiary/aromatic N) is 3. The van der Waals surface area contributed by atoms with Crippen molar-refractivity contribution in [1.29, 1.82) is 0 Å². The lowest BCUT2D eigenvalue weighted by Gasteiger charge is -2.42. The quantitative estimate of drug-likeness (QED) is 0.312. The molecule has 230 valence electrons. The molecule has 1 aromatic carbocycles. The molecule has 3 aliphatic rings. The van der Waals surface area contributed by atoms with Crippen molar-refractivity contribution in [3.05, 3.63) is 35.9 Å². The number of alkyl carbamates (subject to hydrolysis) is 1. The first-order chi connectivity index (χ1) is 20.1. The lowest BCUT2D eigenvalue weighted by Crippen LogP contribution is -2.52. The number of ether oxygens (including phenoxy) is 3. The average molecular weight is 601 g/mol. The van der Waals surface area contributed by atoms with Crippen LogP contribution in [0.15, 0.2) is 35.5 Å². The molecule has 1 aliphatic carbocycles. The van der Waals surface area contributed by atoms with Gasteiger partial charge in [-0.15, -0.1) is 0 Å². The van der Waals surface area contributed by atoms with Gasteiger partial charge in [0.05, 0.1) is 31.9 Å². The molecule has 0 bridgehead atoms. The maximum atomic E-state index is 13.6. The smallest absolute Gasteiger partial charge is 0.407 e. The summed E-state index contributed by atoms with van der Waals surface area (Å²) in [5.74, 6) is 2.77. The molecular weight excluding hydrogens is 556 g/mol. The van der Waals surface area contributed by atoms with Crippen LogP contribution in [0.3, 0.4) is 0 Å². The van der Waals surface area contributed by atoms with E-state index in [-0.39, 0.29) is 29.7 Å². The molecule has 10 nitrogen and oxygen atoms in total. The number of allylic oxidation sites excluding steroid dienone is 2. The number of hydrogen-bond acceptors (Lipinski definition) is 8. The molecule has 0 unspecified atom stereocenters. The first kappa shape index (κ1) is 31.7. The van der Waals surface area contributed by atoms with E-state index in [0.29, 0.717) is 68.3 Å². The van der Waals surface area contributed by atoms with Crippen molar-refractivity contribution in [3.8, 4) is 11.5 Å². The maximum absolute atomic E-state index is 13.6. The van der Waals surface area contributed by atoms with Crippen molar-refractivity contribution in [2.75, 3.05) is 45.4 Å². The molecule has 0 spiro atoms. The Hall–Kier alpha value is -3.21. The first-order valence-corrected chi connectivity index (χ1v) is 15.9. The van der Waals surface area contributed by atoms with Crippen molar-refractivity contribution in [2.45, 2.75) is 64.5 Å². The number of rotatable bonds is 10. The molecule has 2 aliphatic heterocycles. The SMILES string of the molecule is COc1ccc(C2=NN(C3CCN(C(=O)CCSCCNC(=O)OC(C)(C)C)CC3)C(=O)[C@@H]3CC=CC[C@H]23)cc1OC. The fourth-order valence-corrected chi connectivity index (χ4v) is 6.42. The van der Waals surface area contributed by atoms with Gasteiger partial charge in [-0.1, -0.05) is 12.2 Å². The highest BCUT2D eigenvalue weighted by atomic mass is 32.2. The fraction of sp³-hybridized carbons (Fsp3) is 0.613. The molecule has 11 heteroatoms. The van der Waals surface area contributed by atoms with Crippen molar-refractivity contribution in [2.24, 2.45) is 16.9 Å². The summed E-state index contributed by atoms with van der Waals surface area (Å²) in [6.07, 6.45) is 7.13. The summed E-state index contributed by atoms with van der Waals surface area (Å²) < 4.78 is 16.2. The third-order valence-corrected chi connectivity index (χ3v) is 8.74. The minimum Gasteiger partial charge on any atom is -0.493 e. The molecular formula is C31H44N4O6S. The number of thioether (sulfide) groups is 1. The molecule has 0 radical (unpaired) electrons. The highest BCUT2D eigenvalue weighted by molar-refractivity contribution is 7.99. The fourth-order valence-electron chi connectivity index (χ4n) is 5.65. The van der Waals surface area contributed by atoms with Crippen LogP contribution in [0.1, 0.15) is 58.4 Å². The highest BCUT2D eigenvalue weighted by Crippen LogP contribution is 2.38. The lowest BCUT2D eigenvalue weighted by molar-refractivity contribution is -0.142. The third kappa shape index (κ3) is 7.99. The van der Waals surface area contributed by atoms with E-state index < -0.39 is 11.7 Å².